The lowest BCUT2D eigenvalue weighted by Gasteiger charge is -2.26. The lowest BCUT2D eigenvalue weighted by atomic mass is 10.0. The van der Waals surface area contributed by atoms with E-state index in [4.69, 9.17) is 0 Å². The molecule has 0 saturated heterocycles. The standard InChI is InChI=1S/C18H25NO4/c1-13(2)19(12-11-18(22)23-4)17(21)10-9-16(20)15-7-5-14(3)6-8-15/h5-8,13H,9-12H2,1-4H3. The summed E-state index contributed by atoms with van der Waals surface area (Å²) in [5.74, 6) is -0.515. The summed E-state index contributed by atoms with van der Waals surface area (Å²) in [6.07, 6.45) is 0.474. The number of aryl methyl sites for hydroxylation is 1. The minimum atomic E-state index is -0.348. The molecule has 1 aromatic rings. The van der Waals surface area contributed by atoms with Crippen LogP contribution in [0.4, 0.5) is 0 Å². The Bertz CT molecular complexity index is 549. The molecule has 0 aliphatic heterocycles. The molecule has 0 spiro atoms. The van der Waals surface area contributed by atoms with E-state index in [1.807, 2.05) is 32.9 Å². The summed E-state index contributed by atoms with van der Waals surface area (Å²) in [6.45, 7) is 6.04. The van der Waals surface area contributed by atoms with Crippen LogP contribution in [0, 0.1) is 6.92 Å². The van der Waals surface area contributed by atoms with Crippen molar-refractivity contribution in [3.63, 3.8) is 0 Å². The molecule has 0 saturated carbocycles. The van der Waals surface area contributed by atoms with E-state index in [0.717, 1.165) is 5.56 Å². The van der Waals surface area contributed by atoms with Crippen molar-refractivity contribution in [1.29, 1.82) is 0 Å². The molecule has 0 unspecified atom stereocenters. The summed E-state index contributed by atoms with van der Waals surface area (Å²) in [4.78, 5) is 37.3. The van der Waals surface area contributed by atoms with Crippen LogP contribution in [0.2, 0.25) is 0 Å². The predicted octanol–water partition coefficient (Wildman–Crippen LogP) is 2.76. The number of carbonyl (C=O) groups excluding carboxylic acids is 3. The Morgan fingerprint density at radius 3 is 2.17 bits per heavy atom. The molecule has 0 heterocycles. The van der Waals surface area contributed by atoms with E-state index < -0.39 is 0 Å². The number of carbonyl (C=O) groups is 3. The zero-order valence-electron chi connectivity index (χ0n) is 14.3. The van der Waals surface area contributed by atoms with E-state index in [9.17, 15) is 14.4 Å². The van der Waals surface area contributed by atoms with Gasteiger partial charge in [0.05, 0.1) is 13.5 Å². The topological polar surface area (TPSA) is 63.7 Å². The van der Waals surface area contributed by atoms with Crippen LogP contribution < -0.4 is 0 Å². The van der Waals surface area contributed by atoms with Crippen LogP contribution in [-0.4, -0.2) is 42.3 Å². The average Bonchev–Trinajstić information content (AvgIpc) is 2.52. The molecule has 1 amide bonds. The molecule has 23 heavy (non-hydrogen) atoms. The van der Waals surface area contributed by atoms with Crippen molar-refractivity contribution in [2.24, 2.45) is 0 Å². The molecule has 0 aliphatic rings. The number of hydrogen-bond acceptors (Lipinski definition) is 4. The van der Waals surface area contributed by atoms with Crippen molar-refractivity contribution < 1.29 is 19.1 Å². The fraction of sp³-hybridized carbons (Fsp3) is 0.500. The summed E-state index contributed by atoms with van der Waals surface area (Å²) in [5.41, 5.74) is 1.71. The number of esters is 1. The zero-order chi connectivity index (χ0) is 17.4. The van der Waals surface area contributed by atoms with Gasteiger partial charge in [-0.1, -0.05) is 29.8 Å². The highest BCUT2D eigenvalue weighted by Crippen LogP contribution is 2.10. The lowest BCUT2D eigenvalue weighted by molar-refractivity contribution is -0.142. The van der Waals surface area contributed by atoms with Gasteiger partial charge in [-0.25, -0.2) is 0 Å². The second-order valence-electron chi connectivity index (χ2n) is 5.80. The van der Waals surface area contributed by atoms with Crippen LogP contribution in [0.15, 0.2) is 24.3 Å². The van der Waals surface area contributed by atoms with Crippen molar-refractivity contribution in [3.05, 3.63) is 35.4 Å². The Labute approximate surface area is 137 Å². The Balaban J connectivity index is 2.56. The second-order valence-corrected chi connectivity index (χ2v) is 5.80. The SMILES string of the molecule is COC(=O)CCN(C(=O)CCC(=O)c1ccc(C)cc1)C(C)C. The summed E-state index contributed by atoms with van der Waals surface area (Å²) in [6, 6.07) is 7.29. The van der Waals surface area contributed by atoms with Crippen molar-refractivity contribution in [2.45, 2.75) is 46.1 Å². The molecule has 1 aromatic carbocycles. The Hall–Kier alpha value is -2.17. The number of benzene rings is 1. The molecule has 0 N–H and O–H groups in total. The third-order valence-electron chi connectivity index (χ3n) is 3.67. The third kappa shape index (κ3) is 6.22. The summed E-state index contributed by atoms with van der Waals surface area (Å²) in [5, 5.41) is 0. The van der Waals surface area contributed by atoms with Gasteiger partial charge in [0, 0.05) is 31.0 Å². The van der Waals surface area contributed by atoms with E-state index >= 15 is 0 Å². The average molecular weight is 319 g/mol. The highest BCUT2D eigenvalue weighted by molar-refractivity contribution is 5.98. The van der Waals surface area contributed by atoms with Crippen LogP contribution in [0.3, 0.4) is 0 Å². The van der Waals surface area contributed by atoms with Crippen molar-refractivity contribution in [1.82, 2.24) is 4.90 Å². The predicted molar refractivity (Wildman–Crippen MR) is 88.2 cm³/mol. The largest absolute Gasteiger partial charge is 0.469 e. The molecule has 0 aliphatic carbocycles. The molecule has 0 atom stereocenters. The van der Waals surface area contributed by atoms with Gasteiger partial charge in [-0.3, -0.25) is 14.4 Å². The van der Waals surface area contributed by atoms with Gasteiger partial charge in [-0.2, -0.15) is 0 Å². The number of methoxy groups -OCH3 is 1. The molecule has 0 aromatic heterocycles. The van der Waals surface area contributed by atoms with Gasteiger partial charge in [0.1, 0.15) is 0 Å². The van der Waals surface area contributed by atoms with Crippen molar-refractivity contribution >= 4 is 17.7 Å². The maximum atomic E-state index is 12.3. The Morgan fingerprint density at radius 1 is 1.04 bits per heavy atom. The fourth-order valence-corrected chi connectivity index (χ4v) is 2.23. The van der Waals surface area contributed by atoms with E-state index in [2.05, 4.69) is 4.74 Å². The quantitative estimate of drug-likeness (QED) is 0.546. The van der Waals surface area contributed by atoms with E-state index in [0.29, 0.717) is 12.1 Å². The maximum Gasteiger partial charge on any atom is 0.307 e. The minimum Gasteiger partial charge on any atom is -0.469 e. The molecule has 0 bridgehead atoms. The number of rotatable bonds is 8. The monoisotopic (exact) mass is 319 g/mol. The van der Waals surface area contributed by atoms with Crippen LogP contribution >= 0.6 is 0 Å². The minimum absolute atomic E-state index is 0.0263. The number of amides is 1. The Morgan fingerprint density at radius 2 is 1.65 bits per heavy atom. The van der Waals surface area contributed by atoms with E-state index in [1.54, 1.807) is 17.0 Å². The molecule has 0 fully saturated rings. The van der Waals surface area contributed by atoms with E-state index in [1.165, 1.54) is 7.11 Å². The number of Topliss-reactive ketones (excluding diaryl/α,β-unsaturated/α-hetero) is 1. The second kappa shape index (κ2) is 9.08. The van der Waals surface area contributed by atoms with Crippen LogP contribution in [0.5, 0.6) is 0 Å². The van der Waals surface area contributed by atoms with Crippen molar-refractivity contribution in [2.75, 3.05) is 13.7 Å². The van der Waals surface area contributed by atoms with E-state index in [-0.39, 0.29) is 43.0 Å². The first kappa shape index (κ1) is 18.9. The van der Waals surface area contributed by atoms with Crippen LogP contribution in [0.25, 0.3) is 0 Å². The lowest BCUT2D eigenvalue weighted by Crippen LogP contribution is -2.38. The first-order valence-electron chi connectivity index (χ1n) is 7.81. The van der Waals surface area contributed by atoms with Gasteiger partial charge in [-0.05, 0) is 20.8 Å². The van der Waals surface area contributed by atoms with Gasteiger partial charge < -0.3 is 9.64 Å². The zero-order valence-corrected chi connectivity index (χ0v) is 14.3. The van der Waals surface area contributed by atoms with Gasteiger partial charge in [0.2, 0.25) is 5.91 Å². The van der Waals surface area contributed by atoms with Gasteiger partial charge >= 0.3 is 5.97 Å². The highest BCUT2D eigenvalue weighted by Gasteiger charge is 2.19. The number of hydrogen-bond donors (Lipinski definition) is 0. The van der Waals surface area contributed by atoms with Crippen LogP contribution in [-0.2, 0) is 14.3 Å². The molecule has 0 radical (unpaired) electrons. The summed E-state index contributed by atoms with van der Waals surface area (Å²) < 4.78 is 4.59. The first-order valence-corrected chi connectivity index (χ1v) is 7.81. The van der Waals surface area contributed by atoms with Crippen molar-refractivity contribution in [3.8, 4) is 0 Å². The summed E-state index contributed by atoms with van der Waals surface area (Å²) in [7, 11) is 1.32. The summed E-state index contributed by atoms with van der Waals surface area (Å²) >= 11 is 0. The molecular weight excluding hydrogens is 294 g/mol. The number of nitrogens with zero attached hydrogens (tertiary/aromatic N) is 1. The Kier molecular flexibility index (Phi) is 7.45. The van der Waals surface area contributed by atoms with Gasteiger partial charge in [0.25, 0.3) is 0 Å². The fourth-order valence-electron chi connectivity index (χ4n) is 2.23. The maximum absolute atomic E-state index is 12.3. The first-order chi connectivity index (χ1) is 10.8. The highest BCUT2D eigenvalue weighted by atomic mass is 16.5. The third-order valence-corrected chi connectivity index (χ3v) is 3.67. The molecule has 126 valence electrons. The van der Waals surface area contributed by atoms with Gasteiger partial charge in [0.15, 0.2) is 5.78 Å². The molecule has 5 nitrogen and oxygen atoms in total. The number of ether oxygens (including phenoxy) is 1. The smallest absolute Gasteiger partial charge is 0.307 e. The molecule has 1 rings (SSSR count). The number of ketones is 1. The molecular formula is C18H25NO4. The van der Waals surface area contributed by atoms with Gasteiger partial charge in [-0.15, -0.1) is 0 Å². The van der Waals surface area contributed by atoms with Crippen LogP contribution in [0.1, 0.15) is 49.0 Å². The molecule has 5 heteroatoms. The normalized spacial score (nSPS) is 10.5.